The highest BCUT2D eigenvalue weighted by Gasteiger charge is 2.53. The molecular formula is C20H24O2. The number of benzene rings is 2. The minimum Gasteiger partial charge on any atom is -0.508 e. The fraction of sp³-hybridized carbons (Fsp3) is 0.400. The molecule has 2 nitrogen and oxygen atoms in total. The quantitative estimate of drug-likeness (QED) is 0.832. The van der Waals surface area contributed by atoms with Crippen LogP contribution in [0, 0.1) is 11.3 Å². The van der Waals surface area contributed by atoms with Crippen molar-refractivity contribution < 1.29 is 10.2 Å². The van der Waals surface area contributed by atoms with E-state index in [4.69, 9.17) is 0 Å². The van der Waals surface area contributed by atoms with Crippen LogP contribution in [0.15, 0.2) is 48.5 Å². The van der Waals surface area contributed by atoms with E-state index < -0.39 is 0 Å². The maximum Gasteiger partial charge on any atom is 0.115 e. The lowest BCUT2D eigenvalue weighted by Crippen LogP contribution is -2.38. The minimum absolute atomic E-state index is 0.0895. The second-order valence-electron chi connectivity index (χ2n) is 7.40. The van der Waals surface area contributed by atoms with Gasteiger partial charge in [-0.1, -0.05) is 45.0 Å². The Hall–Kier alpha value is -1.96. The van der Waals surface area contributed by atoms with Gasteiger partial charge in [-0.15, -0.1) is 0 Å². The largest absolute Gasteiger partial charge is 0.508 e. The molecule has 116 valence electrons. The molecule has 0 aliphatic heterocycles. The number of hydrogen-bond donors (Lipinski definition) is 2. The van der Waals surface area contributed by atoms with Crippen LogP contribution in [0.3, 0.4) is 0 Å². The van der Waals surface area contributed by atoms with Crippen molar-refractivity contribution in [2.45, 2.75) is 39.0 Å². The van der Waals surface area contributed by atoms with Crippen molar-refractivity contribution in [2.24, 2.45) is 11.3 Å². The Morgan fingerprint density at radius 2 is 1.18 bits per heavy atom. The van der Waals surface area contributed by atoms with Crippen molar-refractivity contribution in [1.29, 1.82) is 0 Å². The van der Waals surface area contributed by atoms with Crippen LogP contribution in [0.5, 0.6) is 11.5 Å². The number of aromatic hydroxyl groups is 2. The summed E-state index contributed by atoms with van der Waals surface area (Å²) in [5, 5.41) is 19.3. The molecule has 1 unspecified atom stereocenters. The second-order valence-corrected chi connectivity index (χ2v) is 7.40. The van der Waals surface area contributed by atoms with Gasteiger partial charge in [0.25, 0.3) is 0 Å². The highest BCUT2D eigenvalue weighted by Crippen LogP contribution is 2.59. The molecule has 1 aliphatic carbocycles. The lowest BCUT2D eigenvalue weighted by atomic mass is 9.60. The molecule has 1 aliphatic rings. The van der Waals surface area contributed by atoms with Crippen LogP contribution in [0.2, 0.25) is 0 Å². The first-order valence-corrected chi connectivity index (χ1v) is 7.94. The summed E-state index contributed by atoms with van der Waals surface area (Å²) in [7, 11) is 0. The van der Waals surface area contributed by atoms with Crippen molar-refractivity contribution in [2.75, 3.05) is 0 Å². The molecule has 2 N–H and O–H groups in total. The Balaban J connectivity index is 2.22. The summed E-state index contributed by atoms with van der Waals surface area (Å²) in [6.07, 6.45) is 2.24. The molecule has 2 aromatic rings. The smallest absolute Gasteiger partial charge is 0.115 e. The summed E-state index contributed by atoms with van der Waals surface area (Å²) in [4.78, 5) is 0. The van der Waals surface area contributed by atoms with Gasteiger partial charge in [-0.3, -0.25) is 0 Å². The van der Waals surface area contributed by atoms with Crippen molar-refractivity contribution >= 4 is 0 Å². The highest BCUT2D eigenvalue weighted by atomic mass is 16.3. The predicted octanol–water partition coefficient (Wildman–Crippen LogP) is 4.84. The second kappa shape index (κ2) is 5.05. The predicted molar refractivity (Wildman–Crippen MR) is 89.2 cm³/mol. The van der Waals surface area contributed by atoms with Crippen molar-refractivity contribution in [1.82, 2.24) is 0 Å². The van der Waals surface area contributed by atoms with Gasteiger partial charge in [0.15, 0.2) is 0 Å². The third-order valence-electron chi connectivity index (χ3n) is 5.39. The molecule has 3 rings (SSSR count). The van der Waals surface area contributed by atoms with Crippen LogP contribution >= 0.6 is 0 Å². The maximum absolute atomic E-state index is 9.64. The van der Waals surface area contributed by atoms with Crippen LogP contribution in [0.4, 0.5) is 0 Å². The van der Waals surface area contributed by atoms with Gasteiger partial charge < -0.3 is 10.2 Å². The molecule has 0 radical (unpaired) electrons. The molecule has 0 aromatic heterocycles. The molecule has 1 saturated carbocycles. The zero-order valence-corrected chi connectivity index (χ0v) is 13.5. The first-order chi connectivity index (χ1) is 10.3. The summed E-state index contributed by atoms with van der Waals surface area (Å²) in [6.45, 7) is 6.97. The van der Waals surface area contributed by atoms with E-state index in [-0.39, 0.29) is 10.8 Å². The Morgan fingerprint density at radius 1 is 0.773 bits per heavy atom. The van der Waals surface area contributed by atoms with E-state index in [9.17, 15) is 10.2 Å². The Morgan fingerprint density at radius 3 is 1.50 bits per heavy atom. The molecule has 0 bridgehead atoms. The monoisotopic (exact) mass is 296 g/mol. The summed E-state index contributed by atoms with van der Waals surface area (Å²) in [5.74, 6) is 1.24. The number of hydrogen-bond acceptors (Lipinski definition) is 2. The third-order valence-corrected chi connectivity index (χ3v) is 5.39. The Labute approximate surface area is 132 Å². The van der Waals surface area contributed by atoms with Gasteiger partial charge in [0.2, 0.25) is 0 Å². The Bertz CT molecular complexity index is 608. The van der Waals surface area contributed by atoms with Crippen LogP contribution < -0.4 is 0 Å². The molecule has 1 atom stereocenters. The molecule has 0 saturated heterocycles. The lowest BCUT2D eigenvalue weighted by Gasteiger charge is -2.43. The van der Waals surface area contributed by atoms with Crippen LogP contribution in [-0.4, -0.2) is 10.2 Å². The van der Waals surface area contributed by atoms with E-state index in [2.05, 4.69) is 20.8 Å². The first-order valence-electron chi connectivity index (χ1n) is 7.94. The fourth-order valence-corrected chi connectivity index (χ4v) is 4.59. The molecule has 0 amide bonds. The standard InChI is InChI=1S/C20H24O2/c1-14-12-19(2,3)20(13-14,15-4-8-17(21)9-5-15)16-6-10-18(22)11-7-16/h4-11,14,21-22H,12-13H2,1-3H3. The molecule has 0 spiro atoms. The van der Waals surface area contributed by atoms with E-state index in [1.807, 2.05) is 24.3 Å². The van der Waals surface area contributed by atoms with Crippen molar-refractivity contribution in [3.8, 4) is 11.5 Å². The van der Waals surface area contributed by atoms with Crippen molar-refractivity contribution in [3.63, 3.8) is 0 Å². The molecular weight excluding hydrogens is 272 g/mol. The zero-order chi connectivity index (χ0) is 16.0. The highest BCUT2D eigenvalue weighted by molar-refractivity contribution is 5.46. The van der Waals surface area contributed by atoms with Gasteiger partial charge in [-0.2, -0.15) is 0 Å². The van der Waals surface area contributed by atoms with Crippen LogP contribution in [0.1, 0.15) is 44.7 Å². The molecule has 2 heteroatoms. The van der Waals surface area contributed by atoms with Gasteiger partial charge >= 0.3 is 0 Å². The van der Waals surface area contributed by atoms with Gasteiger partial charge in [-0.25, -0.2) is 0 Å². The van der Waals surface area contributed by atoms with Gasteiger partial charge in [0.05, 0.1) is 0 Å². The summed E-state index contributed by atoms with van der Waals surface area (Å²) in [5.41, 5.74) is 2.50. The number of phenols is 2. The van der Waals surface area contributed by atoms with E-state index in [0.717, 1.165) is 12.8 Å². The summed E-state index contributed by atoms with van der Waals surface area (Å²) < 4.78 is 0. The Kier molecular flexibility index (Phi) is 3.43. The maximum atomic E-state index is 9.64. The molecule has 1 fully saturated rings. The molecule has 2 aromatic carbocycles. The topological polar surface area (TPSA) is 40.5 Å². The fourth-order valence-electron chi connectivity index (χ4n) is 4.59. The lowest BCUT2D eigenvalue weighted by molar-refractivity contribution is 0.246. The summed E-state index contributed by atoms with van der Waals surface area (Å²) in [6, 6.07) is 15.3. The van der Waals surface area contributed by atoms with E-state index >= 15 is 0 Å². The third kappa shape index (κ3) is 2.18. The molecule has 22 heavy (non-hydrogen) atoms. The number of rotatable bonds is 2. The van der Waals surface area contributed by atoms with Gasteiger partial charge in [0, 0.05) is 5.41 Å². The van der Waals surface area contributed by atoms with Crippen LogP contribution in [0.25, 0.3) is 0 Å². The van der Waals surface area contributed by atoms with Gasteiger partial charge in [-0.05, 0) is 59.6 Å². The van der Waals surface area contributed by atoms with E-state index in [1.54, 1.807) is 24.3 Å². The van der Waals surface area contributed by atoms with Gasteiger partial charge in [0.1, 0.15) is 11.5 Å². The first kappa shape index (κ1) is 15.0. The average Bonchev–Trinajstić information content (AvgIpc) is 2.70. The normalized spacial score (nSPS) is 22.6. The van der Waals surface area contributed by atoms with Crippen molar-refractivity contribution in [3.05, 3.63) is 59.7 Å². The van der Waals surface area contributed by atoms with E-state index in [0.29, 0.717) is 17.4 Å². The average molecular weight is 296 g/mol. The SMILES string of the molecule is CC1CC(C)(C)C(c2ccc(O)cc2)(c2ccc(O)cc2)C1. The number of phenolic OH excluding ortho intramolecular Hbond substituents is 2. The minimum atomic E-state index is -0.0895. The van der Waals surface area contributed by atoms with E-state index in [1.165, 1.54) is 11.1 Å². The summed E-state index contributed by atoms with van der Waals surface area (Å²) >= 11 is 0. The van der Waals surface area contributed by atoms with Crippen LogP contribution in [-0.2, 0) is 5.41 Å². The molecule has 0 heterocycles. The zero-order valence-electron chi connectivity index (χ0n) is 13.5.